The topological polar surface area (TPSA) is 158 Å². The molecule has 1 aliphatic rings. The lowest BCUT2D eigenvalue weighted by Crippen LogP contribution is -2.32. The zero-order valence-electron chi connectivity index (χ0n) is 15.8. The zero-order valence-corrected chi connectivity index (χ0v) is 15.8. The van der Waals surface area contributed by atoms with Crippen LogP contribution >= 0.6 is 0 Å². The first-order valence-electron chi connectivity index (χ1n) is 8.67. The third-order valence-electron chi connectivity index (χ3n) is 4.35. The zero-order chi connectivity index (χ0) is 23.6. The average Bonchev–Trinajstić information content (AvgIpc) is 2.71. The number of benzene rings is 1. The second-order valence-electron chi connectivity index (χ2n) is 6.36. The van der Waals surface area contributed by atoms with E-state index < -0.39 is 36.6 Å². The molecule has 1 atom stereocenters. The number of aromatic nitrogens is 1. The highest BCUT2D eigenvalue weighted by molar-refractivity contribution is 5.98. The summed E-state index contributed by atoms with van der Waals surface area (Å²) in [4.78, 5) is 8.21. The molecule has 0 saturated heterocycles. The number of hydrogen-bond acceptors (Lipinski definition) is 9. The molecule has 0 aliphatic carbocycles. The van der Waals surface area contributed by atoms with E-state index in [0.29, 0.717) is 6.07 Å². The maximum absolute atomic E-state index is 13.3. The number of guanidine groups is 1. The molecule has 0 spiro atoms. The SMILES string of the molecule is N#CNC1=NC(c2ccc(C(F)(F)F)c(OCC(F)F)c2)c2c(nc(N)c(C#N)c2N)N1. The van der Waals surface area contributed by atoms with Gasteiger partial charge in [0.2, 0.25) is 5.96 Å². The fourth-order valence-electron chi connectivity index (χ4n) is 3.04. The van der Waals surface area contributed by atoms with Crippen molar-refractivity contribution < 1.29 is 26.7 Å². The van der Waals surface area contributed by atoms with Crippen LogP contribution in [-0.4, -0.2) is 24.0 Å². The Bertz CT molecular complexity index is 1170. The summed E-state index contributed by atoms with van der Waals surface area (Å²) in [5, 5.41) is 23.1. The summed E-state index contributed by atoms with van der Waals surface area (Å²) in [6, 6.07) is 3.20. The molecule has 6 N–H and O–H groups in total. The number of alkyl halides is 5. The summed E-state index contributed by atoms with van der Waals surface area (Å²) in [6.07, 6.45) is -6.26. The number of nitrogen functional groups attached to an aromatic ring is 2. The van der Waals surface area contributed by atoms with Crippen LogP contribution in [0.3, 0.4) is 0 Å². The number of nitrogens with one attached hydrogen (secondary N) is 2. The standard InChI is InChI=1S/C18H13F5N8O/c19-11(20)5-32-10-3-7(1-2-9(10)18(21,22)23)14-12-13(26)8(4-24)15(27)30-16(12)31-17(29-14)28-6-25/h1-3,11,14H,5H2,(H6,26,27,28,29,30,31). The summed E-state index contributed by atoms with van der Waals surface area (Å²) in [5.74, 6) is -1.19. The van der Waals surface area contributed by atoms with Gasteiger partial charge in [0.1, 0.15) is 41.7 Å². The van der Waals surface area contributed by atoms with Gasteiger partial charge < -0.3 is 21.5 Å². The fourth-order valence-corrected chi connectivity index (χ4v) is 3.04. The molecule has 2 heterocycles. The Balaban J connectivity index is 2.21. The average molecular weight is 452 g/mol. The van der Waals surface area contributed by atoms with E-state index in [0.717, 1.165) is 12.1 Å². The number of anilines is 3. The maximum Gasteiger partial charge on any atom is 0.419 e. The number of pyridine rings is 1. The van der Waals surface area contributed by atoms with Crippen molar-refractivity contribution in [2.24, 2.45) is 4.99 Å². The molecule has 0 amide bonds. The van der Waals surface area contributed by atoms with Crippen LogP contribution in [0.1, 0.15) is 28.3 Å². The molecule has 0 bridgehead atoms. The molecule has 1 unspecified atom stereocenters. The first-order chi connectivity index (χ1) is 15.1. The minimum absolute atomic E-state index is 0.00620. The predicted molar refractivity (Wildman–Crippen MR) is 102 cm³/mol. The van der Waals surface area contributed by atoms with Crippen LogP contribution in [0, 0.1) is 22.8 Å². The maximum atomic E-state index is 13.3. The number of hydrogen-bond donors (Lipinski definition) is 4. The molecule has 1 aromatic heterocycles. The highest BCUT2D eigenvalue weighted by atomic mass is 19.4. The molecule has 32 heavy (non-hydrogen) atoms. The lowest BCUT2D eigenvalue weighted by molar-refractivity contribution is -0.139. The van der Waals surface area contributed by atoms with Crippen molar-refractivity contribution in [1.29, 1.82) is 10.5 Å². The van der Waals surface area contributed by atoms with E-state index in [1.165, 1.54) is 0 Å². The molecule has 0 radical (unpaired) electrons. The van der Waals surface area contributed by atoms with Crippen LogP contribution < -0.4 is 26.8 Å². The molecule has 2 aromatic rings. The van der Waals surface area contributed by atoms with E-state index in [2.05, 4.69) is 20.6 Å². The number of aliphatic imine (C=N–C) groups is 1. The van der Waals surface area contributed by atoms with Crippen LogP contribution in [-0.2, 0) is 6.18 Å². The van der Waals surface area contributed by atoms with Gasteiger partial charge in [-0.3, -0.25) is 5.32 Å². The lowest BCUT2D eigenvalue weighted by atomic mass is 9.94. The molecule has 0 fully saturated rings. The largest absolute Gasteiger partial charge is 0.487 e. The van der Waals surface area contributed by atoms with Gasteiger partial charge in [0.15, 0.2) is 6.19 Å². The van der Waals surface area contributed by atoms with Gasteiger partial charge in [0.05, 0.1) is 11.3 Å². The van der Waals surface area contributed by atoms with Crippen LogP contribution in [0.2, 0.25) is 0 Å². The van der Waals surface area contributed by atoms with Crippen molar-refractivity contribution >= 4 is 23.3 Å². The Morgan fingerprint density at radius 1 is 1.25 bits per heavy atom. The molecule has 14 heteroatoms. The number of ether oxygens (including phenoxy) is 1. The second kappa shape index (κ2) is 8.43. The van der Waals surface area contributed by atoms with Crippen LogP contribution in [0.5, 0.6) is 5.75 Å². The third kappa shape index (κ3) is 4.24. The van der Waals surface area contributed by atoms with E-state index in [9.17, 15) is 27.2 Å². The number of halogens is 5. The van der Waals surface area contributed by atoms with Crippen molar-refractivity contribution in [2.75, 3.05) is 23.4 Å². The molecule has 1 aromatic carbocycles. The number of rotatable bonds is 4. The van der Waals surface area contributed by atoms with Crippen LogP contribution in [0.25, 0.3) is 0 Å². The van der Waals surface area contributed by atoms with E-state index in [1.54, 1.807) is 12.3 Å². The molecular formula is C18H13F5N8O. The minimum Gasteiger partial charge on any atom is -0.487 e. The van der Waals surface area contributed by atoms with Gasteiger partial charge in [-0.25, -0.2) is 18.8 Å². The van der Waals surface area contributed by atoms with Crippen LogP contribution in [0.4, 0.5) is 39.3 Å². The number of fused-ring (bicyclic) bond motifs is 1. The Morgan fingerprint density at radius 2 is 1.97 bits per heavy atom. The number of nitrogens with two attached hydrogens (primary N) is 2. The summed E-state index contributed by atoms with van der Waals surface area (Å²) < 4.78 is 69.8. The quantitative estimate of drug-likeness (QED) is 0.313. The van der Waals surface area contributed by atoms with Crippen molar-refractivity contribution in [1.82, 2.24) is 10.3 Å². The first-order valence-corrected chi connectivity index (χ1v) is 8.67. The molecule has 0 saturated carbocycles. The van der Waals surface area contributed by atoms with Gasteiger partial charge in [-0.1, -0.05) is 6.07 Å². The van der Waals surface area contributed by atoms with Gasteiger partial charge in [-0.05, 0) is 17.7 Å². The normalized spacial score (nSPS) is 15.1. The highest BCUT2D eigenvalue weighted by Gasteiger charge is 2.36. The van der Waals surface area contributed by atoms with E-state index in [4.69, 9.17) is 21.5 Å². The molecular weight excluding hydrogens is 439 g/mol. The number of nitriles is 2. The minimum atomic E-state index is -4.87. The van der Waals surface area contributed by atoms with Crippen LogP contribution in [0.15, 0.2) is 23.2 Å². The molecule has 166 valence electrons. The summed E-state index contributed by atoms with van der Waals surface area (Å²) in [5.41, 5.74) is 10.3. The van der Waals surface area contributed by atoms with Crippen molar-refractivity contribution in [3.63, 3.8) is 0 Å². The van der Waals surface area contributed by atoms with Gasteiger partial charge in [0, 0.05) is 5.56 Å². The van der Waals surface area contributed by atoms with Crippen molar-refractivity contribution in [2.45, 2.75) is 18.6 Å². The Hall–Kier alpha value is -4.33. The Labute approximate surface area is 177 Å². The van der Waals surface area contributed by atoms with E-state index in [1.807, 2.05) is 0 Å². The molecule has 1 aliphatic heterocycles. The summed E-state index contributed by atoms with van der Waals surface area (Å²) in [7, 11) is 0. The van der Waals surface area contributed by atoms with Crippen molar-refractivity contribution in [3.05, 3.63) is 40.5 Å². The predicted octanol–water partition coefficient (Wildman–Crippen LogP) is 2.72. The lowest BCUT2D eigenvalue weighted by Gasteiger charge is -2.26. The molecule has 3 rings (SSSR count). The Morgan fingerprint density at radius 3 is 2.56 bits per heavy atom. The monoisotopic (exact) mass is 452 g/mol. The smallest absolute Gasteiger partial charge is 0.419 e. The summed E-state index contributed by atoms with van der Waals surface area (Å²) in [6.45, 7) is -1.27. The van der Waals surface area contributed by atoms with Gasteiger partial charge in [0.25, 0.3) is 6.43 Å². The summed E-state index contributed by atoms with van der Waals surface area (Å²) >= 11 is 0. The third-order valence-corrected chi connectivity index (χ3v) is 4.35. The van der Waals surface area contributed by atoms with Gasteiger partial charge in [-0.2, -0.15) is 23.7 Å². The Kier molecular flexibility index (Phi) is 5.89. The van der Waals surface area contributed by atoms with Gasteiger partial charge in [-0.15, -0.1) is 0 Å². The van der Waals surface area contributed by atoms with Crippen molar-refractivity contribution in [3.8, 4) is 18.0 Å². The highest BCUT2D eigenvalue weighted by Crippen LogP contribution is 2.43. The van der Waals surface area contributed by atoms with E-state index in [-0.39, 0.29) is 40.0 Å². The van der Waals surface area contributed by atoms with E-state index >= 15 is 0 Å². The molecule has 9 nitrogen and oxygen atoms in total. The fraction of sp³-hybridized carbons (Fsp3) is 0.222. The van der Waals surface area contributed by atoms with Gasteiger partial charge >= 0.3 is 6.18 Å². The number of nitrogens with zero attached hydrogens (tertiary/aromatic N) is 4. The first kappa shape index (κ1) is 22.4. The second-order valence-corrected chi connectivity index (χ2v) is 6.36.